The second-order valence-electron chi connectivity index (χ2n) is 5.75. The van der Waals surface area contributed by atoms with Crippen LogP contribution < -0.4 is 5.73 Å². The molecule has 0 radical (unpaired) electrons. The van der Waals surface area contributed by atoms with Crippen molar-refractivity contribution in [3.8, 4) is 0 Å². The van der Waals surface area contributed by atoms with Crippen LogP contribution in [0.5, 0.6) is 0 Å². The molecule has 1 aliphatic heterocycles. The van der Waals surface area contributed by atoms with Gasteiger partial charge in [-0.1, -0.05) is 5.16 Å². The summed E-state index contributed by atoms with van der Waals surface area (Å²) in [7, 11) is 0. The highest BCUT2D eigenvalue weighted by atomic mass is 35.5. The number of nitrogens with zero attached hydrogens (tertiary/aromatic N) is 2. The van der Waals surface area contributed by atoms with Crippen molar-refractivity contribution in [2.75, 3.05) is 13.1 Å². The van der Waals surface area contributed by atoms with Gasteiger partial charge >= 0.3 is 0 Å². The van der Waals surface area contributed by atoms with E-state index in [4.69, 9.17) is 10.3 Å². The maximum absolute atomic E-state index is 13.2. The van der Waals surface area contributed by atoms with Gasteiger partial charge in [-0.3, -0.25) is 4.90 Å². The van der Waals surface area contributed by atoms with Crippen LogP contribution in [0.1, 0.15) is 31.4 Å². The third-order valence-corrected chi connectivity index (χ3v) is 4.45. The molecule has 1 aromatic carbocycles. The summed E-state index contributed by atoms with van der Waals surface area (Å²) in [5.74, 6) is -0.0131. The molecule has 5 nitrogen and oxygen atoms in total. The first-order valence-corrected chi connectivity index (χ1v) is 7.29. The van der Waals surface area contributed by atoms with Gasteiger partial charge in [-0.15, -0.1) is 12.4 Å². The molecule has 2 unspecified atom stereocenters. The maximum Gasteiger partial charge on any atom is 0.170 e. The predicted octanol–water partition coefficient (Wildman–Crippen LogP) is 2.23. The molecule has 0 bridgehead atoms. The van der Waals surface area contributed by atoms with Crippen molar-refractivity contribution in [1.82, 2.24) is 10.1 Å². The normalized spacial score (nSPS) is 19.8. The molecule has 2 atom stereocenters. The molecule has 7 heteroatoms. The van der Waals surface area contributed by atoms with Gasteiger partial charge in [0.2, 0.25) is 0 Å². The van der Waals surface area contributed by atoms with Crippen LogP contribution in [0.25, 0.3) is 11.0 Å². The van der Waals surface area contributed by atoms with Gasteiger partial charge < -0.3 is 15.4 Å². The van der Waals surface area contributed by atoms with Gasteiger partial charge in [0.25, 0.3) is 0 Å². The van der Waals surface area contributed by atoms with Crippen LogP contribution in [0.3, 0.4) is 0 Å². The molecule has 0 aliphatic carbocycles. The monoisotopic (exact) mass is 329 g/mol. The predicted molar refractivity (Wildman–Crippen MR) is 84.4 cm³/mol. The lowest BCUT2D eigenvalue weighted by atomic mass is 9.91. The highest BCUT2D eigenvalue weighted by Crippen LogP contribution is 2.33. The van der Waals surface area contributed by atoms with Crippen molar-refractivity contribution in [3.63, 3.8) is 0 Å². The number of aliphatic hydroxyl groups is 1. The first-order valence-electron chi connectivity index (χ1n) is 7.29. The molecule has 22 heavy (non-hydrogen) atoms. The van der Waals surface area contributed by atoms with Crippen LogP contribution in [-0.4, -0.2) is 40.5 Å². The summed E-state index contributed by atoms with van der Waals surface area (Å²) in [5, 5.41) is 14.5. The summed E-state index contributed by atoms with van der Waals surface area (Å²) in [6.07, 6.45) is 1.03. The van der Waals surface area contributed by atoms with Crippen LogP contribution in [0.15, 0.2) is 22.7 Å². The van der Waals surface area contributed by atoms with Gasteiger partial charge in [0.1, 0.15) is 12.0 Å². The number of hydrogen-bond donors (Lipinski definition) is 2. The van der Waals surface area contributed by atoms with Crippen molar-refractivity contribution in [2.45, 2.75) is 38.0 Å². The molecule has 3 N–H and O–H groups in total. The lowest BCUT2D eigenvalue weighted by Crippen LogP contribution is -2.48. The Morgan fingerprint density at radius 2 is 2.09 bits per heavy atom. The molecule has 122 valence electrons. The van der Waals surface area contributed by atoms with Crippen LogP contribution in [0, 0.1) is 5.82 Å². The Hall–Kier alpha value is -1.21. The Kier molecular flexibility index (Phi) is 5.39. The molecule has 2 aromatic rings. The van der Waals surface area contributed by atoms with E-state index in [1.807, 2.05) is 6.92 Å². The third kappa shape index (κ3) is 3.25. The Morgan fingerprint density at radius 3 is 2.73 bits per heavy atom. The van der Waals surface area contributed by atoms with Crippen LogP contribution in [0.2, 0.25) is 0 Å². The van der Waals surface area contributed by atoms with Crippen molar-refractivity contribution >= 4 is 23.4 Å². The summed E-state index contributed by atoms with van der Waals surface area (Å²) in [6, 6.07) is 4.49. The fourth-order valence-electron chi connectivity index (χ4n) is 3.02. The summed E-state index contributed by atoms with van der Waals surface area (Å²) in [4.78, 5) is 2.18. The molecule has 3 rings (SSSR count). The van der Waals surface area contributed by atoms with Crippen LogP contribution in [0.4, 0.5) is 4.39 Å². The fraction of sp³-hybridized carbons (Fsp3) is 0.533. The first-order chi connectivity index (χ1) is 10.1. The van der Waals surface area contributed by atoms with Gasteiger partial charge in [-0.2, -0.15) is 0 Å². The second kappa shape index (κ2) is 6.91. The fourth-order valence-corrected chi connectivity index (χ4v) is 3.02. The van der Waals surface area contributed by atoms with Gasteiger partial charge in [-0.25, -0.2) is 4.39 Å². The number of hydrogen-bond acceptors (Lipinski definition) is 5. The van der Waals surface area contributed by atoms with E-state index < -0.39 is 6.23 Å². The lowest BCUT2D eigenvalue weighted by molar-refractivity contribution is 0.0479. The Labute approximate surface area is 134 Å². The van der Waals surface area contributed by atoms with Gasteiger partial charge in [0.15, 0.2) is 5.58 Å². The van der Waals surface area contributed by atoms with Gasteiger partial charge in [0.05, 0.1) is 5.69 Å². The molecule has 2 heterocycles. The smallest absolute Gasteiger partial charge is 0.170 e. The minimum absolute atomic E-state index is 0. The maximum atomic E-state index is 13.2. The number of aromatic nitrogens is 1. The number of rotatable bonds is 3. The van der Waals surface area contributed by atoms with E-state index in [0.717, 1.165) is 37.0 Å². The number of fused-ring (bicyclic) bond motifs is 1. The van der Waals surface area contributed by atoms with Crippen molar-refractivity contribution < 1.29 is 14.0 Å². The number of halogens is 2. The SMILES string of the molecule is CC(C(N)O)N1CCC(c2noc3cc(F)ccc23)CC1.Cl. The molecule has 1 saturated heterocycles. The molecular weight excluding hydrogens is 309 g/mol. The van der Waals surface area contributed by atoms with Crippen molar-refractivity contribution in [2.24, 2.45) is 5.73 Å². The minimum Gasteiger partial charge on any atom is -0.377 e. The van der Waals surface area contributed by atoms with E-state index >= 15 is 0 Å². The average Bonchev–Trinajstić information content (AvgIpc) is 2.89. The lowest BCUT2D eigenvalue weighted by Gasteiger charge is -2.36. The van der Waals surface area contributed by atoms with E-state index in [-0.39, 0.29) is 24.3 Å². The van der Waals surface area contributed by atoms with E-state index in [9.17, 15) is 9.50 Å². The van der Waals surface area contributed by atoms with E-state index in [1.165, 1.54) is 12.1 Å². The Morgan fingerprint density at radius 1 is 1.41 bits per heavy atom. The number of piperidine rings is 1. The van der Waals surface area contributed by atoms with Crippen molar-refractivity contribution in [3.05, 3.63) is 29.7 Å². The standard InChI is InChI=1S/C15H20FN3O2.ClH/c1-9(15(17)20)19-6-4-10(5-7-19)14-12-3-2-11(16)8-13(12)21-18-14;/h2-3,8-10,15,20H,4-7,17H2,1H3;1H. The zero-order chi connectivity index (χ0) is 15.0. The number of nitrogens with two attached hydrogens (primary N) is 1. The molecule has 0 spiro atoms. The molecule has 1 fully saturated rings. The zero-order valence-electron chi connectivity index (χ0n) is 12.4. The summed E-state index contributed by atoms with van der Waals surface area (Å²) < 4.78 is 18.4. The Balaban J connectivity index is 0.00000176. The Bertz CT molecular complexity index is 626. The summed E-state index contributed by atoms with van der Waals surface area (Å²) in [5.41, 5.74) is 6.94. The topological polar surface area (TPSA) is 75.5 Å². The van der Waals surface area contributed by atoms with E-state index in [1.54, 1.807) is 6.07 Å². The highest BCUT2D eigenvalue weighted by molar-refractivity contribution is 5.85. The largest absolute Gasteiger partial charge is 0.377 e. The second-order valence-corrected chi connectivity index (χ2v) is 5.75. The number of benzene rings is 1. The minimum atomic E-state index is -0.822. The number of likely N-dealkylation sites (tertiary alicyclic amines) is 1. The quantitative estimate of drug-likeness (QED) is 0.845. The van der Waals surface area contributed by atoms with Crippen molar-refractivity contribution in [1.29, 1.82) is 0 Å². The van der Waals surface area contributed by atoms with E-state index in [0.29, 0.717) is 11.5 Å². The highest BCUT2D eigenvalue weighted by Gasteiger charge is 2.28. The molecule has 1 aromatic heterocycles. The van der Waals surface area contributed by atoms with Crippen LogP contribution in [-0.2, 0) is 0 Å². The molecule has 0 saturated carbocycles. The van der Waals surface area contributed by atoms with Crippen LogP contribution >= 0.6 is 12.4 Å². The average molecular weight is 330 g/mol. The van der Waals surface area contributed by atoms with Gasteiger partial charge in [0, 0.05) is 23.4 Å². The number of aliphatic hydroxyl groups excluding tert-OH is 1. The summed E-state index contributed by atoms with van der Waals surface area (Å²) in [6.45, 7) is 3.64. The molecule has 0 amide bonds. The third-order valence-electron chi connectivity index (χ3n) is 4.45. The first kappa shape index (κ1) is 17.1. The summed E-state index contributed by atoms with van der Waals surface area (Å²) >= 11 is 0. The van der Waals surface area contributed by atoms with Gasteiger partial charge in [-0.05, 0) is 45.0 Å². The van der Waals surface area contributed by atoms with E-state index in [2.05, 4.69) is 10.1 Å². The zero-order valence-corrected chi connectivity index (χ0v) is 13.2. The molecule has 1 aliphatic rings. The molecular formula is C15H21ClFN3O2.